The van der Waals surface area contributed by atoms with Gasteiger partial charge in [-0.15, -0.1) is 25.3 Å². The highest BCUT2D eigenvalue weighted by atomic mass is 32.1. The summed E-state index contributed by atoms with van der Waals surface area (Å²) in [5.74, 6) is 0. The number of hydrogen-bond donors (Lipinski definition) is 3. The molecule has 6 heteroatoms. The number of thiocarbonyl (C=S) groups is 2. The SMILES string of the molecule is C1=NCNC1.S=CS.S=CS. The van der Waals surface area contributed by atoms with Crippen LogP contribution in [0.25, 0.3) is 0 Å². The lowest BCUT2D eigenvalue weighted by Crippen LogP contribution is -2.06. The minimum absolute atomic E-state index is 0.819. The van der Waals surface area contributed by atoms with Gasteiger partial charge in [0.25, 0.3) is 0 Å². The smallest absolute Gasteiger partial charge is 0.0883 e. The van der Waals surface area contributed by atoms with Gasteiger partial charge in [0.1, 0.15) is 0 Å². The molecule has 0 fully saturated rings. The van der Waals surface area contributed by atoms with Crippen molar-refractivity contribution in [2.24, 2.45) is 4.99 Å². The van der Waals surface area contributed by atoms with E-state index in [1.807, 2.05) is 6.21 Å². The van der Waals surface area contributed by atoms with Crippen LogP contribution in [0.15, 0.2) is 4.99 Å². The lowest BCUT2D eigenvalue weighted by atomic mass is 10.8. The zero-order valence-electron chi connectivity index (χ0n) is 5.80. The van der Waals surface area contributed by atoms with Crippen LogP contribution in [0.5, 0.6) is 0 Å². The van der Waals surface area contributed by atoms with Crippen molar-refractivity contribution in [1.29, 1.82) is 0 Å². The molecule has 1 rings (SSSR count). The highest BCUT2D eigenvalue weighted by Gasteiger charge is 1.82. The highest BCUT2D eigenvalue weighted by Crippen LogP contribution is 1.67. The van der Waals surface area contributed by atoms with Gasteiger partial charge in [0.05, 0.1) is 6.67 Å². The summed E-state index contributed by atoms with van der Waals surface area (Å²) in [5, 5.41) is 3.00. The topological polar surface area (TPSA) is 24.4 Å². The van der Waals surface area contributed by atoms with Gasteiger partial charge in [-0.3, -0.25) is 10.3 Å². The lowest BCUT2D eigenvalue weighted by molar-refractivity contribution is 0.851. The Morgan fingerprint density at radius 3 is 1.91 bits per heavy atom. The first-order chi connectivity index (χ1) is 5.33. The monoisotopic (exact) mass is 226 g/mol. The number of thiol groups is 2. The fraction of sp³-hybridized carbons (Fsp3) is 0.400. The summed E-state index contributed by atoms with van der Waals surface area (Å²) in [5.41, 5.74) is 0. The van der Waals surface area contributed by atoms with E-state index in [1.165, 1.54) is 9.40 Å². The number of rotatable bonds is 0. The molecular formula is C5H10N2S4. The van der Waals surface area contributed by atoms with E-state index < -0.39 is 0 Å². The van der Waals surface area contributed by atoms with Crippen LogP contribution >= 0.6 is 49.7 Å². The first-order valence-corrected chi connectivity index (χ1v) is 4.65. The third kappa shape index (κ3) is 25.1. The van der Waals surface area contributed by atoms with E-state index in [2.05, 4.69) is 60.0 Å². The van der Waals surface area contributed by atoms with E-state index in [-0.39, 0.29) is 0 Å². The van der Waals surface area contributed by atoms with Crippen molar-refractivity contribution in [3.8, 4) is 0 Å². The average Bonchev–Trinajstić information content (AvgIpc) is 2.44. The summed E-state index contributed by atoms with van der Waals surface area (Å²) in [4.78, 5) is 3.85. The Morgan fingerprint density at radius 1 is 1.36 bits per heavy atom. The Bertz CT molecular complexity index is 103. The maximum Gasteiger partial charge on any atom is 0.0883 e. The molecular weight excluding hydrogens is 216 g/mol. The molecule has 0 unspecified atom stereocenters. The van der Waals surface area contributed by atoms with Gasteiger partial charge in [-0.05, 0) is 0 Å². The Hall–Kier alpha value is 0.510. The average molecular weight is 226 g/mol. The van der Waals surface area contributed by atoms with Crippen molar-refractivity contribution < 1.29 is 0 Å². The normalized spacial score (nSPS) is 11.8. The van der Waals surface area contributed by atoms with Crippen molar-refractivity contribution in [2.75, 3.05) is 13.2 Å². The second-order valence-corrected chi connectivity index (χ2v) is 2.87. The zero-order chi connectivity index (χ0) is 8.95. The molecule has 11 heavy (non-hydrogen) atoms. The Labute approximate surface area is 88.7 Å². The third-order valence-corrected chi connectivity index (χ3v) is 0.568. The van der Waals surface area contributed by atoms with E-state index >= 15 is 0 Å². The van der Waals surface area contributed by atoms with E-state index in [0.717, 1.165) is 13.2 Å². The fourth-order valence-corrected chi connectivity index (χ4v) is 0.323. The van der Waals surface area contributed by atoms with Crippen LogP contribution in [0, 0.1) is 0 Å². The van der Waals surface area contributed by atoms with Gasteiger partial charge in [-0.25, -0.2) is 0 Å². The predicted molar refractivity (Wildman–Crippen MR) is 66.6 cm³/mol. The second-order valence-electron chi connectivity index (χ2n) is 1.19. The maximum absolute atomic E-state index is 4.13. The van der Waals surface area contributed by atoms with Gasteiger partial charge in [0, 0.05) is 22.2 Å². The summed E-state index contributed by atoms with van der Waals surface area (Å²) in [6.07, 6.45) is 1.88. The summed E-state index contributed by atoms with van der Waals surface area (Å²) < 4.78 is 2.56. The molecule has 0 saturated heterocycles. The van der Waals surface area contributed by atoms with Crippen molar-refractivity contribution in [2.45, 2.75) is 0 Å². The molecule has 1 heterocycles. The quantitative estimate of drug-likeness (QED) is 0.430. The number of aliphatic imine (C=N–C) groups is 1. The van der Waals surface area contributed by atoms with E-state index in [9.17, 15) is 0 Å². The minimum atomic E-state index is 0.819. The molecule has 0 aromatic carbocycles. The van der Waals surface area contributed by atoms with E-state index in [0.29, 0.717) is 0 Å². The van der Waals surface area contributed by atoms with Gasteiger partial charge in [-0.2, -0.15) is 0 Å². The molecule has 0 saturated carbocycles. The number of nitrogens with zero attached hydrogens (tertiary/aromatic N) is 1. The Balaban J connectivity index is 0. The van der Waals surface area contributed by atoms with Crippen molar-refractivity contribution in [3.05, 3.63) is 0 Å². The predicted octanol–water partition coefficient (Wildman–Crippen LogP) is 1.36. The molecule has 1 aliphatic heterocycles. The van der Waals surface area contributed by atoms with Crippen LogP contribution < -0.4 is 5.32 Å². The first-order valence-electron chi connectivity index (χ1n) is 2.68. The Morgan fingerprint density at radius 2 is 1.82 bits per heavy atom. The van der Waals surface area contributed by atoms with Crippen LogP contribution in [0.4, 0.5) is 0 Å². The van der Waals surface area contributed by atoms with Crippen LogP contribution in [0.3, 0.4) is 0 Å². The lowest BCUT2D eigenvalue weighted by Gasteiger charge is -1.75. The molecule has 0 atom stereocenters. The summed E-state index contributed by atoms with van der Waals surface area (Å²) >= 11 is 15.2. The fourth-order valence-electron chi connectivity index (χ4n) is 0.323. The molecule has 2 nitrogen and oxygen atoms in total. The molecule has 1 N–H and O–H groups in total. The van der Waals surface area contributed by atoms with E-state index in [4.69, 9.17) is 0 Å². The van der Waals surface area contributed by atoms with Gasteiger partial charge in [0.2, 0.25) is 0 Å². The molecule has 0 radical (unpaired) electrons. The molecule has 1 aliphatic rings. The Kier molecular flexibility index (Phi) is 21.5. The van der Waals surface area contributed by atoms with Gasteiger partial charge in [-0.1, -0.05) is 24.4 Å². The standard InChI is InChI=1S/C3H6N2.2CH2S2/c1-2-5-3-4-1;2*2-1-3/h1,5H,2-3H2;2*1H,(H,2,3). The zero-order valence-corrected chi connectivity index (χ0v) is 9.23. The van der Waals surface area contributed by atoms with Crippen LogP contribution in [-0.2, 0) is 0 Å². The maximum atomic E-state index is 4.13. The van der Waals surface area contributed by atoms with Crippen LogP contribution in [0.1, 0.15) is 0 Å². The molecule has 0 spiro atoms. The van der Waals surface area contributed by atoms with Crippen molar-refractivity contribution in [3.63, 3.8) is 0 Å². The van der Waals surface area contributed by atoms with Gasteiger partial charge >= 0.3 is 0 Å². The largest absolute Gasteiger partial charge is 0.293 e. The molecule has 0 aromatic heterocycles. The first kappa shape index (κ1) is 14.1. The molecule has 0 bridgehead atoms. The molecule has 0 amide bonds. The van der Waals surface area contributed by atoms with E-state index in [1.54, 1.807) is 0 Å². The summed E-state index contributed by atoms with van der Waals surface area (Å²) in [6, 6.07) is 0. The third-order valence-electron chi connectivity index (χ3n) is 0.568. The van der Waals surface area contributed by atoms with Gasteiger partial charge < -0.3 is 0 Å². The summed E-state index contributed by atoms with van der Waals surface area (Å²) in [7, 11) is 0. The second kappa shape index (κ2) is 16.9. The molecule has 0 aromatic rings. The minimum Gasteiger partial charge on any atom is -0.293 e. The van der Waals surface area contributed by atoms with Crippen molar-refractivity contribution >= 4 is 65.3 Å². The highest BCUT2D eigenvalue weighted by molar-refractivity contribution is 8.08. The number of nitrogens with one attached hydrogen (secondary N) is 1. The van der Waals surface area contributed by atoms with Crippen LogP contribution in [0.2, 0.25) is 0 Å². The number of hydrogen-bond acceptors (Lipinski definition) is 4. The summed E-state index contributed by atoms with van der Waals surface area (Å²) in [6.45, 7) is 1.78. The van der Waals surface area contributed by atoms with Crippen molar-refractivity contribution in [1.82, 2.24) is 5.32 Å². The van der Waals surface area contributed by atoms with Gasteiger partial charge in [0.15, 0.2) is 0 Å². The molecule has 64 valence electrons. The van der Waals surface area contributed by atoms with Crippen LogP contribution in [-0.4, -0.2) is 28.8 Å². The molecule has 0 aliphatic carbocycles.